The van der Waals surface area contributed by atoms with Gasteiger partial charge in [0.25, 0.3) is 0 Å². The molecule has 0 bridgehead atoms. The molecule has 26 heteroatoms. The van der Waals surface area contributed by atoms with Crippen LogP contribution >= 0.6 is 7.82 Å². The lowest BCUT2D eigenvalue weighted by molar-refractivity contribution is -0.360. The van der Waals surface area contributed by atoms with Gasteiger partial charge in [-0.25, -0.2) is 4.57 Å². The van der Waals surface area contributed by atoms with Crippen molar-refractivity contribution >= 4 is 31.7 Å². The van der Waals surface area contributed by atoms with E-state index in [2.05, 4.69) is 52.0 Å². The van der Waals surface area contributed by atoms with Gasteiger partial charge in [0.15, 0.2) is 24.8 Å². The number of rotatable bonds is 78. The minimum Gasteiger partial charge on any atom is -0.463 e. The van der Waals surface area contributed by atoms with E-state index < -0.39 is 162 Å². The van der Waals surface area contributed by atoms with Gasteiger partial charge in [0.05, 0.1) is 13.2 Å². The predicted molar refractivity (Wildman–Crippen MR) is 463 cm³/mol. The molecule has 2 saturated heterocycles. The minimum atomic E-state index is -5.81. The SMILES string of the molecule is CCCCCC/C=C\CCCCCCCCCC(=O)OCC1OC(OC2C(OC(=O)CCCCCCCCCCCCCCCCC)C(O)C(O)C(OC3OC(CO)C(O)C(O)C3O)C2OP(=O)(O)OCC(COC(=O)CCCCCCCCCCCCCCCCC)OC(=O)CCCCCCCCC/C=C\CCCCCC)C(O)C(O)C1O. The van der Waals surface area contributed by atoms with E-state index >= 15 is 0 Å². The third kappa shape index (κ3) is 52.0. The summed E-state index contributed by atoms with van der Waals surface area (Å²) in [5, 5.41) is 102. The van der Waals surface area contributed by atoms with Gasteiger partial charge in [-0.15, -0.1) is 0 Å². The fourth-order valence-corrected chi connectivity index (χ4v) is 16.7. The first-order valence-corrected chi connectivity index (χ1v) is 49.6. The van der Waals surface area contributed by atoms with Crippen LogP contribution in [0.25, 0.3) is 0 Å². The van der Waals surface area contributed by atoms with Gasteiger partial charge in [-0.05, 0) is 77.0 Å². The molecule has 0 radical (unpaired) electrons. The minimum absolute atomic E-state index is 0.00992. The van der Waals surface area contributed by atoms with Gasteiger partial charge < -0.3 is 88.7 Å². The Morgan fingerprint density at radius 2 is 0.630 bits per heavy atom. The van der Waals surface area contributed by atoms with Gasteiger partial charge in [0.1, 0.15) is 92.6 Å². The molecule has 0 spiro atoms. The molecular weight excluding hydrogens is 1550 g/mol. The van der Waals surface area contributed by atoms with Crippen LogP contribution in [0, 0.1) is 0 Å². The molecule has 18 atom stereocenters. The number of phosphoric acid groups is 1. The van der Waals surface area contributed by atoms with Crippen LogP contribution in [0.4, 0.5) is 0 Å². The largest absolute Gasteiger partial charge is 0.472 e. The van der Waals surface area contributed by atoms with Crippen LogP contribution in [-0.2, 0) is 70.7 Å². The molecule has 0 aromatic rings. The number of aliphatic hydroxyl groups is 9. The quantitative estimate of drug-likeness (QED) is 0.00889. The molecule has 25 nitrogen and oxygen atoms in total. The highest BCUT2D eigenvalue weighted by atomic mass is 31.2. The zero-order valence-corrected chi connectivity index (χ0v) is 75.3. The summed E-state index contributed by atoms with van der Waals surface area (Å²) in [4.78, 5) is 66.5. The maximum Gasteiger partial charge on any atom is 0.472 e. The van der Waals surface area contributed by atoms with Crippen LogP contribution in [-0.4, -0.2) is 205 Å². The Kier molecular flexibility index (Phi) is 66.7. The zero-order chi connectivity index (χ0) is 86.8. The molecule has 119 heavy (non-hydrogen) atoms. The first kappa shape index (κ1) is 110. The Labute approximate surface area is 717 Å². The van der Waals surface area contributed by atoms with Crippen LogP contribution in [0.1, 0.15) is 413 Å². The summed E-state index contributed by atoms with van der Waals surface area (Å²) in [7, 11) is -5.81. The Hall–Kier alpha value is -3.05. The molecule has 698 valence electrons. The Morgan fingerprint density at radius 3 is 1.01 bits per heavy atom. The second-order valence-corrected chi connectivity index (χ2v) is 35.6. The first-order valence-electron chi connectivity index (χ1n) is 48.1. The average molecular weight is 1720 g/mol. The lowest BCUT2D eigenvalue weighted by Crippen LogP contribution is -2.70. The van der Waals surface area contributed by atoms with Crippen molar-refractivity contribution in [2.75, 3.05) is 26.4 Å². The van der Waals surface area contributed by atoms with Crippen LogP contribution in [0.5, 0.6) is 0 Å². The molecule has 2 aliphatic heterocycles. The second-order valence-electron chi connectivity index (χ2n) is 34.2. The van der Waals surface area contributed by atoms with Crippen molar-refractivity contribution in [1.29, 1.82) is 0 Å². The number of allylic oxidation sites excluding steroid dienone is 4. The van der Waals surface area contributed by atoms with E-state index in [9.17, 15) is 74.6 Å². The molecule has 10 N–H and O–H groups in total. The van der Waals surface area contributed by atoms with E-state index in [4.69, 9.17) is 46.9 Å². The van der Waals surface area contributed by atoms with E-state index in [-0.39, 0.29) is 25.7 Å². The number of carbonyl (C=O) groups excluding carboxylic acids is 4. The van der Waals surface area contributed by atoms with Gasteiger partial charge in [0, 0.05) is 25.7 Å². The number of hydrogen-bond acceptors (Lipinski definition) is 24. The highest BCUT2D eigenvalue weighted by Gasteiger charge is 2.60. The van der Waals surface area contributed by atoms with Gasteiger partial charge >= 0.3 is 31.7 Å². The number of carbonyl (C=O) groups is 4. The monoisotopic (exact) mass is 1720 g/mol. The van der Waals surface area contributed by atoms with E-state index in [1.54, 1.807) is 0 Å². The van der Waals surface area contributed by atoms with Crippen LogP contribution in [0.3, 0.4) is 0 Å². The topological polar surface area (TPSA) is 380 Å². The Bertz CT molecular complexity index is 2570. The number of phosphoric ester groups is 1. The number of unbranched alkanes of at least 4 members (excludes halogenated alkanes) is 50. The molecule has 1 aliphatic carbocycles. The van der Waals surface area contributed by atoms with Crippen LogP contribution in [0.15, 0.2) is 24.3 Å². The van der Waals surface area contributed by atoms with Crippen molar-refractivity contribution in [3.8, 4) is 0 Å². The number of esters is 4. The van der Waals surface area contributed by atoms with E-state index in [1.165, 1.54) is 161 Å². The Balaban J connectivity index is 1.91. The maximum absolute atomic E-state index is 14.9. The van der Waals surface area contributed by atoms with Crippen molar-refractivity contribution < 1.29 is 122 Å². The van der Waals surface area contributed by atoms with Gasteiger partial charge in [-0.3, -0.25) is 28.2 Å². The molecular formula is C93H171O25P. The molecule has 3 fully saturated rings. The summed E-state index contributed by atoms with van der Waals surface area (Å²) in [6.45, 7) is 5.60. The smallest absolute Gasteiger partial charge is 0.463 e. The average Bonchev–Trinajstić information content (AvgIpc) is 0.754. The standard InChI is InChI=1S/C93H171O25P/c1-5-9-13-17-21-25-29-33-37-41-45-49-53-57-61-65-76(95)109-70-73(112-78(97)67-63-59-55-51-47-43-39-35-31-27-23-19-15-11-7-3)71-111-119(107,108)118-91-89(116-92-86(105)82(101)80(99)74(69-94)113-92)85(104)84(103)88(115-79(98)68-64-60-56-52-48-44-40-36-32-28-24-20-16-12-8-4)90(91)117-93-87(106)83(102)81(100)75(114-93)72-110-77(96)66-62-58-54-50-46-42-38-34-30-26-22-18-14-10-6-2/h26-27,30-31,73-75,80-94,99-106H,5-25,28-29,32-72H2,1-4H3,(H,107,108)/b30-26-,31-27-. The molecule has 0 aromatic carbocycles. The molecule has 1 saturated carbocycles. The maximum atomic E-state index is 14.9. The zero-order valence-electron chi connectivity index (χ0n) is 74.4. The van der Waals surface area contributed by atoms with Crippen molar-refractivity contribution in [3.63, 3.8) is 0 Å². The normalized spacial score (nSPS) is 24.9. The van der Waals surface area contributed by atoms with Crippen molar-refractivity contribution in [2.45, 2.75) is 517 Å². The number of aliphatic hydroxyl groups excluding tert-OH is 9. The van der Waals surface area contributed by atoms with E-state index in [1.807, 2.05) is 0 Å². The summed E-state index contributed by atoms with van der Waals surface area (Å²) >= 11 is 0. The van der Waals surface area contributed by atoms with E-state index in [0.29, 0.717) is 38.5 Å². The third-order valence-electron chi connectivity index (χ3n) is 23.4. The fraction of sp³-hybridized carbons (Fsp3) is 0.914. The molecule has 0 aromatic heterocycles. The Morgan fingerprint density at radius 1 is 0.328 bits per heavy atom. The first-order chi connectivity index (χ1) is 57.7. The summed E-state index contributed by atoms with van der Waals surface area (Å²) in [5.41, 5.74) is 0. The fourth-order valence-electron chi connectivity index (χ4n) is 15.8. The summed E-state index contributed by atoms with van der Waals surface area (Å²) in [5.74, 6) is -2.96. The predicted octanol–water partition coefficient (Wildman–Crippen LogP) is 18.1. The van der Waals surface area contributed by atoms with Crippen molar-refractivity contribution in [3.05, 3.63) is 24.3 Å². The molecule has 0 amide bonds. The number of hydrogen-bond donors (Lipinski definition) is 10. The summed E-state index contributed by atoms with van der Waals surface area (Å²) in [6.07, 6.45) is 32.9. The highest BCUT2D eigenvalue weighted by molar-refractivity contribution is 7.47. The second kappa shape index (κ2) is 72.0. The summed E-state index contributed by atoms with van der Waals surface area (Å²) in [6, 6.07) is 0. The molecule has 3 aliphatic rings. The van der Waals surface area contributed by atoms with Crippen molar-refractivity contribution in [2.24, 2.45) is 0 Å². The molecule has 2 heterocycles. The summed E-state index contributed by atoms with van der Waals surface area (Å²) < 4.78 is 73.5. The highest BCUT2D eigenvalue weighted by Crippen LogP contribution is 2.49. The third-order valence-corrected chi connectivity index (χ3v) is 24.4. The van der Waals surface area contributed by atoms with Crippen LogP contribution in [0.2, 0.25) is 0 Å². The van der Waals surface area contributed by atoms with Crippen molar-refractivity contribution in [1.82, 2.24) is 0 Å². The van der Waals surface area contributed by atoms with Gasteiger partial charge in [0.2, 0.25) is 0 Å². The lowest BCUT2D eigenvalue weighted by atomic mass is 9.84. The van der Waals surface area contributed by atoms with Crippen LogP contribution < -0.4 is 0 Å². The molecule has 3 rings (SSSR count). The van der Waals surface area contributed by atoms with E-state index in [0.717, 1.165) is 161 Å². The molecule has 18 unspecified atom stereocenters. The van der Waals surface area contributed by atoms with Gasteiger partial charge in [-0.1, -0.05) is 335 Å². The lowest BCUT2D eigenvalue weighted by Gasteiger charge is -2.50. The number of ether oxygens (including phenoxy) is 8. The van der Waals surface area contributed by atoms with Gasteiger partial charge in [-0.2, -0.15) is 0 Å².